The largest absolute Gasteiger partial charge is 0.473 e. The highest BCUT2D eigenvalue weighted by Crippen LogP contribution is 2.34. The number of hydrogen-bond acceptors (Lipinski definition) is 7. The van der Waals surface area contributed by atoms with Crippen LogP contribution in [0.25, 0.3) is 0 Å². The van der Waals surface area contributed by atoms with Crippen LogP contribution in [-0.2, 0) is 4.74 Å². The summed E-state index contributed by atoms with van der Waals surface area (Å²) in [6.07, 6.45) is 40.7. The van der Waals surface area contributed by atoms with Crippen LogP contribution >= 0.6 is 0 Å². The first-order chi connectivity index (χ1) is 26.8. The SMILES string of the molecule is CCC(=COC=C(CC)CC)CC.OCC1(CO)CCCCCCCCC1.OCC1(CO)CCCCCCCCC1.OCC1(CO)CCCCCCCCC1. The Labute approximate surface area is 340 Å². The Morgan fingerprint density at radius 3 is 0.636 bits per heavy atom. The third-order valence-corrected chi connectivity index (χ3v) is 13.0. The lowest BCUT2D eigenvalue weighted by molar-refractivity contribution is 0.0343. The first-order valence-electron chi connectivity index (χ1n) is 23.4. The smallest absolute Gasteiger partial charge is 0.0893 e. The molecule has 3 fully saturated rings. The van der Waals surface area contributed by atoms with Crippen molar-refractivity contribution in [2.45, 2.75) is 227 Å². The number of rotatable bonds is 12. The molecule has 0 radical (unpaired) electrons. The summed E-state index contributed by atoms with van der Waals surface area (Å²) in [5.41, 5.74) is 2.22. The van der Waals surface area contributed by atoms with E-state index < -0.39 is 0 Å². The third kappa shape index (κ3) is 25.9. The minimum absolute atomic E-state index is 0.156. The van der Waals surface area contributed by atoms with E-state index in [4.69, 9.17) is 4.74 Å². The average Bonchev–Trinajstić information content (AvgIpc) is 3.24. The maximum Gasteiger partial charge on any atom is 0.0893 e. The van der Waals surface area contributed by atoms with Gasteiger partial charge in [-0.1, -0.05) is 163 Å². The van der Waals surface area contributed by atoms with Gasteiger partial charge < -0.3 is 35.4 Å². The monoisotopic (exact) mass is 783 g/mol. The Kier molecular flexibility index (Phi) is 35.5. The molecule has 3 rings (SSSR count). The zero-order valence-corrected chi connectivity index (χ0v) is 36.9. The predicted octanol–water partition coefficient (Wildman–Crippen LogP) is 11.9. The van der Waals surface area contributed by atoms with Gasteiger partial charge >= 0.3 is 0 Å². The summed E-state index contributed by atoms with van der Waals surface area (Å²) in [5, 5.41) is 56.2. The molecule has 6 N–H and O–H groups in total. The van der Waals surface area contributed by atoms with E-state index in [1.165, 1.54) is 146 Å². The second-order valence-corrected chi connectivity index (χ2v) is 17.5. The molecule has 0 atom stereocenters. The molecule has 0 unspecified atom stereocenters. The fourth-order valence-corrected chi connectivity index (χ4v) is 8.19. The Hall–Kier alpha value is -0.960. The molecule has 0 heterocycles. The molecule has 0 aliphatic heterocycles. The molecular weight excluding hydrogens is 689 g/mol. The van der Waals surface area contributed by atoms with Gasteiger partial charge in [0.15, 0.2) is 0 Å². The summed E-state index contributed by atoms with van der Waals surface area (Å²) < 4.78 is 5.40. The Morgan fingerprint density at radius 2 is 0.491 bits per heavy atom. The van der Waals surface area contributed by atoms with Crippen LogP contribution in [-0.4, -0.2) is 70.3 Å². The summed E-state index contributed by atoms with van der Waals surface area (Å²) in [7, 11) is 0. The van der Waals surface area contributed by atoms with Crippen LogP contribution in [0.1, 0.15) is 227 Å². The van der Waals surface area contributed by atoms with Crippen LogP contribution in [0.15, 0.2) is 23.7 Å². The third-order valence-electron chi connectivity index (χ3n) is 13.0. The zero-order valence-electron chi connectivity index (χ0n) is 36.9. The number of hydrogen-bond donors (Lipinski definition) is 6. The Morgan fingerprint density at radius 1 is 0.327 bits per heavy atom. The quantitative estimate of drug-likeness (QED) is 0.109. The van der Waals surface area contributed by atoms with Crippen molar-refractivity contribution in [3.63, 3.8) is 0 Å². The van der Waals surface area contributed by atoms with Crippen molar-refractivity contribution in [2.75, 3.05) is 39.6 Å². The summed E-state index contributed by atoms with van der Waals surface area (Å²) >= 11 is 0. The lowest BCUT2D eigenvalue weighted by atomic mass is 9.78. The van der Waals surface area contributed by atoms with E-state index in [2.05, 4.69) is 27.7 Å². The molecule has 3 aliphatic rings. The summed E-state index contributed by atoms with van der Waals surface area (Å²) in [6, 6.07) is 0. The van der Waals surface area contributed by atoms with Gasteiger partial charge in [-0.3, -0.25) is 0 Å². The fourth-order valence-electron chi connectivity index (χ4n) is 8.19. The molecule has 0 aromatic heterocycles. The molecule has 7 nitrogen and oxygen atoms in total. The van der Waals surface area contributed by atoms with E-state index in [1.54, 1.807) is 0 Å². The maximum atomic E-state index is 9.36. The van der Waals surface area contributed by atoms with Crippen molar-refractivity contribution in [1.29, 1.82) is 0 Å². The van der Waals surface area contributed by atoms with Crippen LogP contribution in [0.2, 0.25) is 0 Å². The van der Waals surface area contributed by atoms with Gasteiger partial charge in [-0.2, -0.15) is 0 Å². The van der Waals surface area contributed by atoms with Crippen molar-refractivity contribution in [1.82, 2.24) is 0 Å². The highest BCUT2D eigenvalue weighted by Gasteiger charge is 2.29. The molecule has 0 amide bonds. The van der Waals surface area contributed by atoms with E-state index in [0.717, 1.165) is 64.2 Å². The van der Waals surface area contributed by atoms with Crippen LogP contribution in [0.5, 0.6) is 0 Å². The van der Waals surface area contributed by atoms with Gasteiger partial charge in [0, 0.05) is 16.2 Å². The van der Waals surface area contributed by atoms with Crippen molar-refractivity contribution in [3.8, 4) is 0 Å². The van der Waals surface area contributed by atoms with Crippen LogP contribution in [0.4, 0.5) is 0 Å². The second-order valence-electron chi connectivity index (χ2n) is 17.5. The first kappa shape index (κ1) is 54.0. The van der Waals surface area contributed by atoms with Crippen LogP contribution in [0.3, 0.4) is 0 Å². The molecule has 3 saturated carbocycles. The van der Waals surface area contributed by atoms with E-state index in [1.807, 2.05) is 12.5 Å². The molecule has 0 spiro atoms. The highest BCUT2D eigenvalue weighted by atomic mass is 16.5. The van der Waals surface area contributed by atoms with Gasteiger partial charge in [-0.05, 0) is 75.4 Å². The van der Waals surface area contributed by atoms with Gasteiger partial charge in [0.1, 0.15) is 0 Å². The highest BCUT2D eigenvalue weighted by molar-refractivity contribution is 5.00. The average molecular weight is 783 g/mol. The molecule has 55 heavy (non-hydrogen) atoms. The normalized spacial score (nSPS) is 20.8. The van der Waals surface area contributed by atoms with Gasteiger partial charge in [0.05, 0.1) is 52.2 Å². The van der Waals surface area contributed by atoms with Crippen molar-refractivity contribution in [2.24, 2.45) is 16.2 Å². The van der Waals surface area contributed by atoms with E-state index in [-0.39, 0.29) is 55.9 Å². The standard InChI is InChI=1S/3C12H24O2.C12H22O/c3*13-10-12(11-14)8-6-4-2-1-3-5-7-9-12;1-5-11(6-2)9-13-10-12(7-3)8-4/h3*13-14H,1-11H2;9-10H,5-8H2,1-4H3. The van der Waals surface area contributed by atoms with Gasteiger partial charge in [-0.25, -0.2) is 0 Å². The van der Waals surface area contributed by atoms with E-state index in [9.17, 15) is 30.6 Å². The molecular formula is C48H94O7. The summed E-state index contributed by atoms with van der Waals surface area (Å²) in [6.45, 7) is 9.56. The van der Waals surface area contributed by atoms with E-state index in [0.29, 0.717) is 0 Å². The minimum atomic E-state index is -0.169. The molecule has 3 aliphatic carbocycles. The molecule has 0 aromatic rings. The van der Waals surface area contributed by atoms with Gasteiger partial charge in [-0.15, -0.1) is 0 Å². The Balaban J connectivity index is 0.000000707. The minimum Gasteiger partial charge on any atom is -0.473 e. The fraction of sp³-hybridized carbons (Fsp3) is 0.917. The van der Waals surface area contributed by atoms with Gasteiger partial charge in [0.2, 0.25) is 0 Å². The number of aliphatic hydroxyl groups excluding tert-OH is 6. The first-order valence-corrected chi connectivity index (χ1v) is 23.4. The summed E-state index contributed by atoms with van der Waals surface area (Å²) in [4.78, 5) is 0. The van der Waals surface area contributed by atoms with Crippen LogP contribution < -0.4 is 0 Å². The molecule has 0 saturated heterocycles. The lowest BCUT2D eigenvalue weighted by Crippen LogP contribution is -2.30. The number of aliphatic hydroxyl groups is 6. The van der Waals surface area contributed by atoms with Crippen LogP contribution in [0, 0.1) is 16.2 Å². The lowest BCUT2D eigenvalue weighted by Gasteiger charge is -2.30. The van der Waals surface area contributed by atoms with Crippen molar-refractivity contribution >= 4 is 0 Å². The summed E-state index contributed by atoms with van der Waals surface area (Å²) in [5.74, 6) is 0. The molecule has 0 bridgehead atoms. The molecule has 0 aromatic carbocycles. The molecule has 328 valence electrons. The Bertz CT molecular complexity index is 740. The van der Waals surface area contributed by atoms with Crippen molar-refractivity contribution < 1.29 is 35.4 Å². The number of allylic oxidation sites excluding steroid dienone is 2. The van der Waals surface area contributed by atoms with Crippen molar-refractivity contribution in [3.05, 3.63) is 23.7 Å². The van der Waals surface area contributed by atoms with Gasteiger partial charge in [0.25, 0.3) is 0 Å². The maximum absolute atomic E-state index is 9.36. The topological polar surface area (TPSA) is 131 Å². The second kappa shape index (κ2) is 36.1. The molecule has 7 heteroatoms. The van der Waals surface area contributed by atoms with E-state index >= 15 is 0 Å². The number of ether oxygens (including phenoxy) is 1. The predicted molar refractivity (Wildman–Crippen MR) is 233 cm³/mol. The zero-order chi connectivity index (χ0) is 40.9.